The quantitative estimate of drug-likeness (QED) is 0.764. The number of nitrogens with one attached hydrogen (secondary N) is 1. The molecule has 2 saturated heterocycles. The average Bonchev–Trinajstić information content (AvgIpc) is 3.01. The van der Waals surface area contributed by atoms with E-state index in [0.29, 0.717) is 23.7 Å². The summed E-state index contributed by atoms with van der Waals surface area (Å²) in [6.45, 7) is -0.484. The zero-order valence-electron chi connectivity index (χ0n) is 13.5. The number of hydrogen-bond donors (Lipinski definition) is 1. The molecule has 0 aliphatic carbocycles. The molecule has 2 aliphatic rings. The average molecular weight is 398 g/mol. The van der Waals surface area contributed by atoms with Crippen molar-refractivity contribution in [1.82, 2.24) is 10.2 Å². The van der Waals surface area contributed by atoms with E-state index in [9.17, 15) is 27.2 Å². The number of thioether (sulfide) groups is 1. The number of hydrogen-bond acceptors (Lipinski definition) is 6. The smallest absolute Gasteiger partial charge is 0.294 e. The predicted octanol–water partition coefficient (Wildman–Crippen LogP) is 1.17. The molecule has 7 nitrogen and oxygen atoms in total. The lowest BCUT2D eigenvalue weighted by molar-refractivity contribution is -0.129. The van der Waals surface area contributed by atoms with E-state index in [1.165, 1.54) is 24.3 Å². The maximum Gasteiger partial charge on any atom is 0.294 e. The highest BCUT2D eigenvalue weighted by Gasteiger charge is 2.37. The van der Waals surface area contributed by atoms with Gasteiger partial charge in [-0.1, -0.05) is 12.1 Å². The third kappa shape index (κ3) is 4.31. The van der Waals surface area contributed by atoms with Crippen LogP contribution in [0.15, 0.2) is 29.2 Å². The summed E-state index contributed by atoms with van der Waals surface area (Å²) in [6, 6.07) is 5.05. The zero-order chi connectivity index (χ0) is 18.9. The first-order chi connectivity index (χ1) is 12.2. The van der Waals surface area contributed by atoms with Crippen LogP contribution in [0.3, 0.4) is 0 Å². The summed E-state index contributed by atoms with van der Waals surface area (Å²) in [5.74, 6) is -1.83. The molecule has 0 aromatic heterocycles. The molecule has 3 amide bonds. The standard InChI is InChI=1S/C16H15FN2O5S2/c17-11-3-1-2-10(6-11)7-13-15(21)19(16(22)25-13)8-14(20)18-12-4-5-26(23,24)9-12/h1-3,6-7,12H,4-5,8-9H2,(H,18,20)/b13-7+/t12-/m1/s1. The minimum absolute atomic E-state index is 0.00982. The molecule has 0 bridgehead atoms. The second kappa shape index (κ2) is 7.20. The van der Waals surface area contributed by atoms with Crippen molar-refractivity contribution in [2.24, 2.45) is 0 Å². The molecule has 1 aromatic carbocycles. The normalized spacial score (nSPS) is 23.7. The summed E-state index contributed by atoms with van der Waals surface area (Å²) >= 11 is 0.667. The highest BCUT2D eigenvalue weighted by molar-refractivity contribution is 8.18. The second-order valence-electron chi connectivity index (χ2n) is 5.99. The Balaban J connectivity index is 1.65. The highest BCUT2D eigenvalue weighted by atomic mass is 32.2. The van der Waals surface area contributed by atoms with Gasteiger partial charge in [0.25, 0.3) is 11.1 Å². The molecule has 26 heavy (non-hydrogen) atoms. The van der Waals surface area contributed by atoms with Gasteiger partial charge in [-0.2, -0.15) is 0 Å². The number of rotatable bonds is 4. The third-order valence-electron chi connectivity index (χ3n) is 3.92. The molecule has 2 heterocycles. The number of carbonyl (C=O) groups is 3. The molecular formula is C16H15FN2O5S2. The van der Waals surface area contributed by atoms with E-state index >= 15 is 0 Å². The van der Waals surface area contributed by atoms with Crippen molar-refractivity contribution in [3.05, 3.63) is 40.6 Å². The summed E-state index contributed by atoms with van der Waals surface area (Å²) in [5, 5.41) is 1.93. The zero-order valence-corrected chi connectivity index (χ0v) is 15.1. The second-order valence-corrected chi connectivity index (χ2v) is 9.21. The third-order valence-corrected chi connectivity index (χ3v) is 6.59. The van der Waals surface area contributed by atoms with Crippen molar-refractivity contribution in [1.29, 1.82) is 0 Å². The molecule has 1 N–H and O–H groups in total. The van der Waals surface area contributed by atoms with Gasteiger partial charge in [-0.15, -0.1) is 0 Å². The van der Waals surface area contributed by atoms with Gasteiger partial charge >= 0.3 is 0 Å². The van der Waals surface area contributed by atoms with Gasteiger partial charge in [0.15, 0.2) is 9.84 Å². The fourth-order valence-corrected chi connectivity index (χ4v) is 5.22. The Labute approximate surface area is 153 Å². The fraction of sp³-hybridized carbons (Fsp3) is 0.312. The Bertz CT molecular complexity index is 913. The van der Waals surface area contributed by atoms with Crippen LogP contribution in [0.2, 0.25) is 0 Å². The number of imide groups is 1. The summed E-state index contributed by atoms with van der Waals surface area (Å²) in [7, 11) is -3.14. The number of benzene rings is 1. The van der Waals surface area contributed by atoms with E-state index in [1.54, 1.807) is 6.07 Å². The van der Waals surface area contributed by atoms with Crippen molar-refractivity contribution < 1.29 is 27.2 Å². The topological polar surface area (TPSA) is 101 Å². The van der Waals surface area contributed by atoms with Gasteiger partial charge in [0.1, 0.15) is 12.4 Å². The first-order valence-electron chi connectivity index (χ1n) is 7.74. The van der Waals surface area contributed by atoms with Crippen molar-refractivity contribution in [2.45, 2.75) is 12.5 Å². The van der Waals surface area contributed by atoms with E-state index in [2.05, 4.69) is 5.32 Å². The molecule has 2 fully saturated rings. The molecule has 138 valence electrons. The van der Waals surface area contributed by atoms with Gasteiger partial charge in [-0.25, -0.2) is 12.8 Å². The molecule has 2 aliphatic heterocycles. The molecule has 0 saturated carbocycles. The van der Waals surface area contributed by atoms with Gasteiger partial charge in [0, 0.05) is 6.04 Å². The van der Waals surface area contributed by atoms with Crippen LogP contribution in [0.1, 0.15) is 12.0 Å². The van der Waals surface area contributed by atoms with E-state index in [1.807, 2.05) is 0 Å². The molecule has 1 atom stereocenters. The van der Waals surface area contributed by atoms with Crippen molar-refractivity contribution in [3.8, 4) is 0 Å². The van der Waals surface area contributed by atoms with Crippen LogP contribution in [-0.4, -0.2) is 54.5 Å². The first kappa shape index (κ1) is 18.6. The Kier molecular flexibility index (Phi) is 5.15. The Morgan fingerprint density at radius 2 is 2.15 bits per heavy atom. The lowest BCUT2D eigenvalue weighted by atomic mass is 10.2. The monoisotopic (exact) mass is 398 g/mol. The molecule has 1 aromatic rings. The maximum atomic E-state index is 13.2. The van der Waals surface area contributed by atoms with Gasteiger partial charge < -0.3 is 5.32 Å². The largest absolute Gasteiger partial charge is 0.351 e. The van der Waals surface area contributed by atoms with Crippen LogP contribution < -0.4 is 5.32 Å². The van der Waals surface area contributed by atoms with Crippen LogP contribution in [0.5, 0.6) is 0 Å². The van der Waals surface area contributed by atoms with Crippen LogP contribution in [0, 0.1) is 5.82 Å². The number of halogens is 1. The van der Waals surface area contributed by atoms with Gasteiger partial charge in [-0.3, -0.25) is 19.3 Å². The van der Waals surface area contributed by atoms with E-state index in [4.69, 9.17) is 0 Å². The first-order valence-corrected chi connectivity index (χ1v) is 10.4. The lowest BCUT2D eigenvalue weighted by Crippen LogP contribution is -2.43. The fourth-order valence-electron chi connectivity index (χ4n) is 2.71. The number of carbonyl (C=O) groups excluding carboxylic acids is 3. The minimum Gasteiger partial charge on any atom is -0.351 e. The SMILES string of the molecule is O=C(CN1C(=O)S/C(=C/c2cccc(F)c2)C1=O)N[C@@H]1CCS(=O)(=O)C1. The van der Waals surface area contributed by atoms with Crippen molar-refractivity contribution in [2.75, 3.05) is 18.1 Å². The Morgan fingerprint density at radius 3 is 2.81 bits per heavy atom. The predicted molar refractivity (Wildman–Crippen MR) is 94.3 cm³/mol. The van der Waals surface area contributed by atoms with Gasteiger partial charge in [0.2, 0.25) is 5.91 Å². The van der Waals surface area contributed by atoms with Gasteiger partial charge in [-0.05, 0) is 42.0 Å². The van der Waals surface area contributed by atoms with Crippen LogP contribution in [0.4, 0.5) is 9.18 Å². The van der Waals surface area contributed by atoms with Crippen LogP contribution in [-0.2, 0) is 19.4 Å². The van der Waals surface area contributed by atoms with Crippen molar-refractivity contribution in [3.63, 3.8) is 0 Å². The van der Waals surface area contributed by atoms with E-state index < -0.39 is 45.3 Å². The molecule has 0 radical (unpaired) electrons. The maximum absolute atomic E-state index is 13.2. The summed E-state index contributed by atoms with van der Waals surface area (Å²) in [5.41, 5.74) is 0.427. The summed E-state index contributed by atoms with van der Waals surface area (Å²) in [6.07, 6.45) is 1.70. The molecule has 3 rings (SSSR count). The molecule has 0 unspecified atom stereocenters. The number of sulfone groups is 1. The van der Waals surface area contributed by atoms with Gasteiger partial charge in [0.05, 0.1) is 16.4 Å². The Hall–Kier alpha value is -2.20. The summed E-state index contributed by atoms with van der Waals surface area (Å²) < 4.78 is 36.0. The van der Waals surface area contributed by atoms with Crippen LogP contribution >= 0.6 is 11.8 Å². The minimum atomic E-state index is -3.14. The highest BCUT2D eigenvalue weighted by Crippen LogP contribution is 2.32. The lowest BCUT2D eigenvalue weighted by Gasteiger charge is -2.15. The van der Waals surface area contributed by atoms with E-state index in [0.717, 1.165) is 4.90 Å². The van der Waals surface area contributed by atoms with E-state index in [-0.39, 0.29) is 16.4 Å². The van der Waals surface area contributed by atoms with Crippen LogP contribution in [0.25, 0.3) is 6.08 Å². The number of amides is 3. The van der Waals surface area contributed by atoms with Crippen molar-refractivity contribution >= 4 is 44.7 Å². The number of nitrogens with zero attached hydrogens (tertiary/aromatic N) is 1. The Morgan fingerprint density at radius 1 is 1.38 bits per heavy atom. The molecule has 0 spiro atoms. The molecular weight excluding hydrogens is 383 g/mol. The molecule has 10 heteroatoms. The summed E-state index contributed by atoms with van der Waals surface area (Å²) in [4.78, 5) is 37.2.